The number of sulfonamides is 1. The summed E-state index contributed by atoms with van der Waals surface area (Å²) in [6, 6.07) is 3.97. The molecule has 2 heterocycles. The third-order valence-electron chi connectivity index (χ3n) is 4.47. The molecule has 140 valence electrons. The number of hydrogen-bond acceptors (Lipinski definition) is 8. The van der Waals surface area contributed by atoms with Gasteiger partial charge in [0.1, 0.15) is 9.90 Å². The predicted octanol–water partition coefficient (Wildman–Crippen LogP) is 1.58. The summed E-state index contributed by atoms with van der Waals surface area (Å²) in [5.41, 5.74) is 0.105. The summed E-state index contributed by atoms with van der Waals surface area (Å²) in [6.07, 6.45) is 1.78. The molecule has 0 amide bonds. The van der Waals surface area contributed by atoms with Gasteiger partial charge >= 0.3 is 0 Å². The molecule has 0 aliphatic carbocycles. The van der Waals surface area contributed by atoms with Gasteiger partial charge in [0, 0.05) is 49.9 Å². The molecule has 0 saturated carbocycles. The zero-order chi connectivity index (χ0) is 18.9. The number of primary sulfonamides is 1. The Hall–Kier alpha value is -2.08. The maximum atomic E-state index is 11.9. The number of nitrogens with two attached hydrogens (primary N) is 1. The summed E-state index contributed by atoms with van der Waals surface area (Å²) in [5, 5.41) is 19.2. The Morgan fingerprint density at radius 1 is 1.31 bits per heavy atom. The third kappa shape index (κ3) is 3.85. The summed E-state index contributed by atoms with van der Waals surface area (Å²) in [7, 11) is -4.07. The summed E-state index contributed by atoms with van der Waals surface area (Å²) in [5.74, 6) is 0. The molecular weight excluding hydrogens is 378 g/mol. The summed E-state index contributed by atoms with van der Waals surface area (Å²) in [6.45, 7) is 4.73. The molecule has 3 rings (SSSR count). The second kappa shape index (κ2) is 7.27. The van der Waals surface area contributed by atoms with Crippen molar-refractivity contribution >= 4 is 32.7 Å². The number of hydrogen-bond donors (Lipinski definition) is 1. The molecule has 1 aliphatic rings. The predicted molar refractivity (Wildman–Crippen MR) is 98.8 cm³/mol. The minimum atomic E-state index is -4.07. The second-order valence-electron chi connectivity index (χ2n) is 6.02. The quantitative estimate of drug-likeness (QED) is 0.600. The van der Waals surface area contributed by atoms with Crippen molar-refractivity contribution in [1.82, 2.24) is 9.88 Å². The minimum absolute atomic E-state index is 0.187. The first kappa shape index (κ1) is 18.7. The Morgan fingerprint density at radius 3 is 2.54 bits per heavy atom. The van der Waals surface area contributed by atoms with Crippen molar-refractivity contribution in [1.29, 1.82) is 0 Å². The molecule has 2 N–H and O–H groups in total. The number of non-ortho nitro benzene ring substituents is 1. The molecule has 1 fully saturated rings. The van der Waals surface area contributed by atoms with Gasteiger partial charge in [-0.25, -0.2) is 18.5 Å². The van der Waals surface area contributed by atoms with Gasteiger partial charge in [-0.1, -0.05) is 0 Å². The molecule has 1 atom stereocenters. The number of nitrogens with zero attached hydrogens (tertiary/aromatic N) is 4. The maximum Gasteiger partial charge on any atom is 0.270 e. The number of benzene rings is 1. The molecule has 26 heavy (non-hydrogen) atoms. The lowest BCUT2D eigenvalue weighted by molar-refractivity contribution is -0.385. The average molecular weight is 397 g/mol. The van der Waals surface area contributed by atoms with Crippen LogP contribution in [0.25, 0.3) is 0 Å². The lowest BCUT2D eigenvalue weighted by atomic mass is 10.2. The van der Waals surface area contributed by atoms with E-state index in [-0.39, 0.29) is 16.6 Å². The van der Waals surface area contributed by atoms with E-state index >= 15 is 0 Å². The van der Waals surface area contributed by atoms with Crippen LogP contribution in [0.5, 0.6) is 0 Å². The van der Waals surface area contributed by atoms with E-state index in [1.807, 2.05) is 10.3 Å². The zero-order valence-corrected chi connectivity index (χ0v) is 15.7. The van der Waals surface area contributed by atoms with Crippen LogP contribution in [-0.2, 0) is 10.0 Å². The Labute approximate surface area is 155 Å². The van der Waals surface area contributed by atoms with E-state index in [1.165, 1.54) is 12.1 Å². The number of aromatic nitrogens is 1. The molecule has 1 aliphatic heterocycles. The molecule has 0 bridgehead atoms. The number of nitro benzene ring substituents is 1. The van der Waals surface area contributed by atoms with Gasteiger partial charge < -0.3 is 4.90 Å². The van der Waals surface area contributed by atoms with E-state index in [2.05, 4.69) is 16.8 Å². The molecule has 1 saturated heterocycles. The highest BCUT2D eigenvalue weighted by molar-refractivity contribution is 7.89. The highest BCUT2D eigenvalue weighted by Crippen LogP contribution is 2.31. The molecule has 1 unspecified atom stereocenters. The van der Waals surface area contributed by atoms with Crippen molar-refractivity contribution < 1.29 is 13.3 Å². The molecule has 1 aromatic carbocycles. The SMILES string of the molecule is CC(c1nccs1)N1CCN(c2ccc([N+](=O)[O-])cc2S(N)(=O)=O)CC1. The first-order valence-corrected chi connectivity index (χ1v) is 10.4. The molecular formula is C15H19N5O4S2. The van der Waals surface area contributed by atoms with Gasteiger partial charge in [0.2, 0.25) is 10.0 Å². The third-order valence-corrected chi connectivity index (χ3v) is 6.36. The number of piperazine rings is 1. The lowest BCUT2D eigenvalue weighted by Gasteiger charge is -2.39. The second-order valence-corrected chi connectivity index (χ2v) is 8.48. The molecule has 9 nitrogen and oxygen atoms in total. The Morgan fingerprint density at radius 2 is 2.00 bits per heavy atom. The van der Waals surface area contributed by atoms with Crippen LogP contribution in [0.3, 0.4) is 0 Å². The topological polar surface area (TPSA) is 123 Å². The molecule has 2 aromatic rings. The van der Waals surface area contributed by atoms with Crippen LogP contribution < -0.4 is 10.0 Å². The fraction of sp³-hybridized carbons (Fsp3) is 0.400. The van der Waals surface area contributed by atoms with E-state index in [9.17, 15) is 18.5 Å². The van der Waals surface area contributed by atoms with Gasteiger partial charge in [-0.05, 0) is 13.0 Å². The summed E-state index contributed by atoms with van der Waals surface area (Å²) >= 11 is 1.61. The number of anilines is 1. The maximum absolute atomic E-state index is 11.9. The average Bonchev–Trinajstić information content (AvgIpc) is 3.14. The van der Waals surface area contributed by atoms with Gasteiger partial charge in [0.25, 0.3) is 5.69 Å². The van der Waals surface area contributed by atoms with Crippen LogP contribution >= 0.6 is 11.3 Å². The Bertz CT molecular complexity index is 893. The van der Waals surface area contributed by atoms with E-state index in [1.54, 1.807) is 17.5 Å². The molecule has 11 heteroatoms. The normalized spacial score (nSPS) is 17.2. The van der Waals surface area contributed by atoms with Gasteiger partial charge in [0.05, 0.1) is 16.7 Å². The van der Waals surface area contributed by atoms with Gasteiger partial charge in [-0.3, -0.25) is 15.0 Å². The monoisotopic (exact) mass is 397 g/mol. The van der Waals surface area contributed by atoms with Crippen LogP contribution in [-0.4, -0.2) is 49.4 Å². The first-order chi connectivity index (χ1) is 12.3. The summed E-state index contributed by atoms with van der Waals surface area (Å²) < 4.78 is 23.8. The van der Waals surface area contributed by atoms with E-state index in [0.29, 0.717) is 18.8 Å². The van der Waals surface area contributed by atoms with Crippen molar-refractivity contribution in [3.8, 4) is 0 Å². The van der Waals surface area contributed by atoms with Crippen molar-refractivity contribution in [3.05, 3.63) is 44.9 Å². The first-order valence-electron chi connectivity index (χ1n) is 7.97. The number of nitro groups is 1. The van der Waals surface area contributed by atoms with Crippen LogP contribution in [0, 0.1) is 10.1 Å². The summed E-state index contributed by atoms with van der Waals surface area (Å²) in [4.78, 5) is 18.6. The fourth-order valence-corrected chi connectivity index (χ4v) is 4.56. The van der Waals surface area contributed by atoms with Crippen molar-refractivity contribution in [3.63, 3.8) is 0 Å². The smallest absolute Gasteiger partial charge is 0.270 e. The molecule has 0 radical (unpaired) electrons. The van der Waals surface area contributed by atoms with Crippen LogP contribution in [0.2, 0.25) is 0 Å². The van der Waals surface area contributed by atoms with Crippen molar-refractivity contribution in [2.24, 2.45) is 5.14 Å². The van der Waals surface area contributed by atoms with Crippen molar-refractivity contribution in [2.45, 2.75) is 17.9 Å². The van der Waals surface area contributed by atoms with Gasteiger partial charge in [0.15, 0.2) is 0 Å². The van der Waals surface area contributed by atoms with E-state index < -0.39 is 14.9 Å². The van der Waals surface area contributed by atoms with Crippen LogP contribution in [0.1, 0.15) is 18.0 Å². The van der Waals surface area contributed by atoms with Crippen LogP contribution in [0.15, 0.2) is 34.7 Å². The van der Waals surface area contributed by atoms with Crippen molar-refractivity contribution in [2.75, 3.05) is 31.1 Å². The molecule has 0 spiro atoms. The van der Waals surface area contributed by atoms with E-state index in [4.69, 9.17) is 5.14 Å². The zero-order valence-electron chi connectivity index (χ0n) is 14.1. The fourth-order valence-electron chi connectivity index (χ4n) is 3.05. The highest BCUT2D eigenvalue weighted by Gasteiger charge is 2.27. The van der Waals surface area contributed by atoms with Gasteiger partial charge in [-0.2, -0.15) is 0 Å². The Balaban J connectivity index is 1.80. The standard InChI is InChI=1S/C15H19N5O4S2/c1-11(15-17-4-9-25-15)18-5-7-19(8-6-18)13-3-2-12(20(21)22)10-14(13)26(16,23)24/h2-4,9-11H,5-8H2,1H3,(H2,16,23,24). The number of rotatable bonds is 5. The van der Waals surface area contributed by atoms with Crippen LogP contribution in [0.4, 0.5) is 11.4 Å². The lowest BCUT2D eigenvalue weighted by Crippen LogP contribution is -2.47. The van der Waals surface area contributed by atoms with E-state index in [0.717, 1.165) is 24.2 Å². The molecule has 1 aromatic heterocycles. The Kier molecular flexibility index (Phi) is 5.23. The number of thiazole rings is 1. The highest BCUT2D eigenvalue weighted by atomic mass is 32.2. The van der Waals surface area contributed by atoms with Gasteiger partial charge in [-0.15, -0.1) is 11.3 Å². The minimum Gasteiger partial charge on any atom is -0.368 e. The largest absolute Gasteiger partial charge is 0.368 e.